The summed E-state index contributed by atoms with van der Waals surface area (Å²) >= 11 is 3.35. The van der Waals surface area contributed by atoms with Gasteiger partial charge in [0.25, 0.3) is 5.56 Å². The highest BCUT2D eigenvalue weighted by Gasteiger charge is 2.12. The van der Waals surface area contributed by atoms with Crippen molar-refractivity contribution in [1.82, 2.24) is 29.8 Å². The van der Waals surface area contributed by atoms with Crippen LogP contribution in [0.1, 0.15) is 5.82 Å². The molecule has 28 heavy (non-hydrogen) atoms. The molecule has 0 aliphatic heterocycles. The Labute approximate surface area is 164 Å². The van der Waals surface area contributed by atoms with Crippen molar-refractivity contribution in [2.45, 2.75) is 13.2 Å². The molecule has 8 nitrogen and oxygen atoms in total. The Morgan fingerprint density at radius 3 is 2.68 bits per heavy atom. The summed E-state index contributed by atoms with van der Waals surface area (Å²) < 4.78 is 32.4. The molecule has 2 aromatic heterocycles. The number of fused-ring (bicyclic) bond motifs is 1. The van der Waals surface area contributed by atoms with Gasteiger partial charge in [-0.3, -0.25) is 9.36 Å². The molecule has 0 amide bonds. The normalized spacial score (nSPS) is 11.3. The fourth-order valence-electron chi connectivity index (χ4n) is 2.67. The summed E-state index contributed by atoms with van der Waals surface area (Å²) in [5.74, 6) is 0.398. The minimum absolute atomic E-state index is 0.0221. The fourth-order valence-corrected chi connectivity index (χ4v) is 3.03. The molecule has 0 N–H and O–H groups in total. The molecule has 11 heteroatoms. The highest BCUT2D eigenvalue weighted by atomic mass is 79.9. The molecule has 0 saturated carbocycles. The SMILES string of the molecule is O=c1c2cc(Br)ccc2ncn1Cc1nnnn1-c1ccc(OC(F)F)cc1. The Morgan fingerprint density at radius 1 is 1.14 bits per heavy atom. The Bertz CT molecular complexity index is 1190. The molecular weight excluding hydrogens is 438 g/mol. The molecule has 0 radical (unpaired) electrons. The van der Waals surface area contributed by atoms with Crippen LogP contribution in [0, 0.1) is 0 Å². The number of hydrogen-bond donors (Lipinski definition) is 0. The second-order valence-corrected chi connectivity index (χ2v) is 6.63. The molecule has 0 saturated heterocycles. The van der Waals surface area contributed by atoms with E-state index in [9.17, 15) is 13.6 Å². The lowest BCUT2D eigenvalue weighted by molar-refractivity contribution is -0.0498. The van der Waals surface area contributed by atoms with Gasteiger partial charge in [0.15, 0.2) is 5.82 Å². The number of nitrogens with zero attached hydrogens (tertiary/aromatic N) is 6. The van der Waals surface area contributed by atoms with Crippen LogP contribution in [0.15, 0.2) is 58.1 Å². The van der Waals surface area contributed by atoms with E-state index >= 15 is 0 Å². The van der Waals surface area contributed by atoms with Gasteiger partial charge in [-0.15, -0.1) is 5.10 Å². The van der Waals surface area contributed by atoms with E-state index in [1.165, 1.54) is 39.8 Å². The van der Waals surface area contributed by atoms with Gasteiger partial charge in [0, 0.05) is 4.47 Å². The standard InChI is InChI=1S/C17H11BrF2N6O2/c18-10-1-6-14-13(7-10)16(27)25(9-21-14)8-15-22-23-24-26(15)11-2-4-12(5-3-11)28-17(19)20/h1-7,9,17H,8H2. The van der Waals surface area contributed by atoms with Crippen LogP contribution in [0.4, 0.5) is 8.78 Å². The van der Waals surface area contributed by atoms with Crippen LogP contribution < -0.4 is 10.3 Å². The van der Waals surface area contributed by atoms with Gasteiger partial charge in [-0.1, -0.05) is 15.9 Å². The third kappa shape index (κ3) is 3.60. The molecule has 2 heterocycles. The van der Waals surface area contributed by atoms with Crippen molar-refractivity contribution in [1.29, 1.82) is 0 Å². The summed E-state index contributed by atoms with van der Waals surface area (Å²) in [6, 6.07) is 11.1. The summed E-state index contributed by atoms with van der Waals surface area (Å²) in [6.07, 6.45) is 1.43. The monoisotopic (exact) mass is 448 g/mol. The molecule has 4 aromatic rings. The third-order valence-corrected chi connectivity index (χ3v) is 4.43. The van der Waals surface area contributed by atoms with E-state index in [2.05, 4.69) is 41.2 Å². The van der Waals surface area contributed by atoms with Gasteiger partial charge in [0.05, 0.1) is 29.5 Å². The average Bonchev–Trinajstić information content (AvgIpc) is 3.13. The fraction of sp³-hybridized carbons (Fsp3) is 0.118. The summed E-state index contributed by atoms with van der Waals surface area (Å²) in [7, 11) is 0. The smallest absolute Gasteiger partial charge is 0.387 e. The number of aromatic nitrogens is 6. The van der Waals surface area contributed by atoms with Crippen molar-refractivity contribution in [2.75, 3.05) is 0 Å². The van der Waals surface area contributed by atoms with Crippen molar-refractivity contribution in [3.8, 4) is 11.4 Å². The van der Waals surface area contributed by atoms with Crippen molar-refractivity contribution >= 4 is 26.8 Å². The average molecular weight is 449 g/mol. The number of tetrazole rings is 1. The van der Waals surface area contributed by atoms with E-state index in [-0.39, 0.29) is 17.9 Å². The second-order valence-electron chi connectivity index (χ2n) is 5.72. The molecular formula is C17H11BrF2N6O2. The third-order valence-electron chi connectivity index (χ3n) is 3.94. The number of ether oxygens (including phenoxy) is 1. The van der Waals surface area contributed by atoms with Gasteiger partial charge < -0.3 is 4.74 Å². The molecule has 0 aliphatic rings. The van der Waals surface area contributed by atoms with Crippen LogP contribution in [0.3, 0.4) is 0 Å². The van der Waals surface area contributed by atoms with Crippen LogP contribution in [-0.2, 0) is 6.54 Å². The van der Waals surface area contributed by atoms with Gasteiger partial charge >= 0.3 is 6.61 Å². The van der Waals surface area contributed by atoms with E-state index in [1.54, 1.807) is 18.2 Å². The van der Waals surface area contributed by atoms with Crippen LogP contribution >= 0.6 is 15.9 Å². The first-order valence-electron chi connectivity index (χ1n) is 7.98. The van der Waals surface area contributed by atoms with E-state index in [0.29, 0.717) is 22.4 Å². The van der Waals surface area contributed by atoms with Gasteiger partial charge in [-0.05, 0) is 52.9 Å². The molecule has 0 atom stereocenters. The Balaban J connectivity index is 1.66. The van der Waals surface area contributed by atoms with Crippen molar-refractivity contribution in [3.63, 3.8) is 0 Å². The van der Waals surface area contributed by atoms with Crippen LogP contribution in [0.2, 0.25) is 0 Å². The van der Waals surface area contributed by atoms with Crippen molar-refractivity contribution < 1.29 is 13.5 Å². The lowest BCUT2D eigenvalue weighted by Crippen LogP contribution is -2.23. The molecule has 0 spiro atoms. The van der Waals surface area contributed by atoms with Crippen molar-refractivity contribution in [2.24, 2.45) is 0 Å². The molecule has 0 unspecified atom stereocenters. The first-order valence-corrected chi connectivity index (χ1v) is 8.78. The van der Waals surface area contributed by atoms with E-state index in [1.807, 2.05) is 0 Å². The Morgan fingerprint density at radius 2 is 1.93 bits per heavy atom. The van der Waals surface area contributed by atoms with Crippen LogP contribution in [-0.4, -0.2) is 36.4 Å². The number of rotatable bonds is 5. The predicted molar refractivity (Wildman–Crippen MR) is 98.6 cm³/mol. The number of halogens is 3. The largest absolute Gasteiger partial charge is 0.435 e. The van der Waals surface area contributed by atoms with Gasteiger partial charge in [0.1, 0.15) is 5.75 Å². The maximum absolute atomic E-state index is 12.7. The number of alkyl halides is 2. The summed E-state index contributed by atoms with van der Waals surface area (Å²) in [5, 5.41) is 12.0. The lowest BCUT2D eigenvalue weighted by Gasteiger charge is -2.09. The minimum atomic E-state index is -2.90. The zero-order valence-electron chi connectivity index (χ0n) is 14.0. The lowest BCUT2D eigenvalue weighted by atomic mass is 10.2. The first kappa shape index (κ1) is 18.2. The zero-order valence-corrected chi connectivity index (χ0v) is 15.6. The van der Waals surface area contributed by atoms with E-state index in [4.69, 9.17) is 0 Å². The highest BCUT2D eigenvalue weighted by molar-refractivity contribution is 9.10. The van der Waals surface area contributed by atoms with Gasteiger partial charge in [0.2, 0.25) is 0 Å². The summed E-state index contributed by atoms with van der Waals surface area (Å²) in [4.78, 5) is 17.0. The molecule has 0 fully saturated rings. The Kier molecular flexibility index (Phi) is 4.82. The first-order chi connectivity index (χ1) is 13.5. The molecule has 142 valence electrons. The van der Waals surface area contributed by atoms with Crippen LogP contribution in [0.25, 0.3) is 16.6 Å². The molecule has 0 aliphatic carbocycles. The van der Waals surface area contributed by atoms with Crippen molar-refractivity contribution in [3.05, 3.63) is 69.4 Å². The maximum atomic E-state index is 12.7. The second kappa shape index (κ2) is 7.43. The predicted octanol–water partition coefficient (Wildman–Crippen LogP) is 2.78. The molecule has 0 bridgehead atoms. The number of benzene rings is 2. The number of hydrogen-bond acceptors (Lipinski definition) is 6. The van der Waals surface area contributed by atoms with Crippen LogP contribution in [0.5, 0.6) is 5.75 Å². The summed E-state index contributed by atoms with van der Waals surface area (Å²) in [6.45, 7) is -2.82. The summed E-state index contributed by atoms with van der Waals surface area (Å²) in [5.41, 5.74) is 0.881. The van der Waals surface area contributed by atoms with E-state index < -0.39 is 6.61 Å². The molecule has 2 aromatic carbocycles. The van der Waals surface area contributed by atoms with Gasteiger partial charge in [-0.25, -0.2) is 4.98 Å². The maximum Gasteiger partial charge on any atom is 0.387 e. The topological polar surface area (TPSA) is 87.7 Å². The van der Waals surface area contributed by atoms with Gasteiger partial charge in [-0.2, -0.15) is 13.5 Å². The Hall–Kier alpha value is -3.21. The van der Waals surface area contributed by atoms with E-state index in [0.717, 1.165) is 4.47 Å². The quantitative estimate of drug-likeness (QED) is 0.466. The highest BCUT2D eigenvalue weighted by Crippen LogP contribution is 2.18. The zero-order chi connectivity index (χ0) is 19.7. The molecule has 4 rings (SSSR count). The minimum Gasteiger partial charge on any atom is -0.435 e.